The van der Waals surface area contributed by atoms with Crippen molar-refractivity contribution in [2.45, 2.75) is 32.2 Å². The number of hydrogen-bond acceptors (Lipinski definition) is 3. The third-order valence-corrected chi connectivity index (χ3v) is 4.42. The van der Waals surface area contributed by atoms with Crippen molar-refractivity contribution in [1.82, 2.24) is 15.1 Å². The molecule has 2 aliphatic carbocycles. The average Bonchev–Trinajstić information content (AvgIpc) is 3.25. The predicted molar refractivity (Wildman–Crippen MR) is 70.8 cm³/mol. The molecular formula is C14H21N3O2. The Labute approximate surface area is 113 Å². The predicted octanol–water partition coefficient (Wildman–Crippen LogP) is 1.64. The Morgan fingerprint density at radius 2 is 2.11 bits per heavy atom. The van der Waals surface area contributed by atoms with E-state index in [0.717, 1.165) is 30.0 Å². The maximum absolute atomic E-state index is 11.1. The molecule has 0 unspecified atom stereocenters. The van der Waals surface area contributed by atoms with Gasteiger partial charge in [-0.25, -0.2) is 4.79 Å². The molecule has 19 heavy (non-hydrogen) atoms. The average molecular weight is 263 g/mol. The third-order valence-electron chi connectivity index (χ3n) is 4.42. The lowest BCUT2D eigenvalue weighted by molar-refractivity contribution is 0.0695. The van der Waals surface area contributed by atoms with Gasteiger partial charge in [-0.15, -0.1) is 0 Å². The summed E-state index contributed by atoms with van der Waals surface area (Å²) in [6, 6.07) is 0. The molecule has 0 amide bonds. The number of aromatic carboxylic acids is 1. The lowest BCUT2D eigenvalue weighted by atomic mass is 9.98. The lowest BCUT2D eigenvalue weighted by Gasteiger charge is -2.16. The molecule has 104 valence electrons. The molecule has 0 aromatic carbocycles. The monoisotopic (exact) mass is 263 g/mol. The number of nitrogens with one attached hydrogen (secondary N) is 1. The van der Waals surface area contributed by atoms with E-state index < -0.39 is 5.97 Å². The number of carboxylic acid groups (broad SMARTS) is 1. The number of carboxylic acids is 1. The highest BCUT2D eigenvalue weighted by molar-refractivity contribution is 5.88. The van der Waals surface area contributed by atoms with Crippen LogP contribution in [0, 0.1) is 17.8 Å². The van der Waals surface area contributed by atoms with Crippen molar-refractivity contribution in [3.8, 4) is 0 Å². The Hall–Kier alpha value is -1.36. The molecule has 0 aliphatic heterocycles. The topological polar surface area (TPSA) is 67.2 Å². The van der Waals surface area contributed by atoms with Crippen molar-refractivity contribution in [2.24, 2.45) is 24.8 Å². The first kappa shape index (κ1) is 12.7. The van der Waals surface area contributed by atoms with Crippen molar-refractivity contribution in [3.05, 3.63) is 17.5 Å². The Kier molecular flexibility index (Phi) is 3.31. The first-order valence-electron chi connectivity index (χ1n) is 7.11. The maximum atomic E-state index is 11.1. The van der Waals surface area contributed by atoms with E-state index in [4.69, 9.17) is 5.11 Å². The first-order valence-corrected chi connectivity index (χ1v) is 7.11. The normalized spacial score (nSPS) is 19.1. The van der Waals surface area contributed by atoms with Crippen molar-refractivity contribution in [2.75, 3.05) is 6.54 Å². The van der Waals surface area contributed by atoms with Crippen LogP contribution in [0.2, 0.25) is 0 Å². The molecule has 1 aromatic heterocycles. The fourth-order valence-electron chi connectivity index (χ4n) is 2.98. The summed E-state index contributed by atoms with van der Waals surface area (Å²) in [5, 5.41) is 16.6. The molecule has 2 aliphatic rings. The minimum absolute atomic E-state index is 0.310. The van der Waals surface area contributed by atoms with E-state index in [1.807, 2.05) is 0 Å². The van der Waals surface area contributed by atoms with Gasteiger partial charge in [0, 0.05) is 13.6 Å². The summed E-state index contributed by atoms with van der Waals surface area (Å²) < 4.78 is 1.65. The molecule has 2 saturated carbocycles. The van der Waals surface area contributed by atoms with Gasteiger partial charge < -0.3 is 10.4 Å². The van der Waals surface area contributed by atoms with Crippen LogP contribution in [0.15, 0.2) is 6.20 Å². The van der Waals surface area contributed by atoms with E-state index in [9.17, 15) is 4.79 Å². The van der Waals surface area contributed by atoms with Gasteiger partial charge in [0.1, 0.15) is 5.56 Å². The maximum Gasteiger partial charge on any atom is 0.339 e. The van der Waals surface area contributed by atoms with Gasteiger partial charge in [-0.05, 0) is 50.0 Å². The van der Waals surface area contributed by atoms with E-state index in [0.29, 0.717) is 12.1 Å². The van der Waals surface area contributed by atoms with Crippen LogP contribution in [0.5, 0.6) is 0 Å². The summed E-state index contributed by atoms with van der Waals surface area (Å²) >= 11 is 0. The summed E-state index contributed by atoms with van der Waals surface area (Å²) in [7, 11) is 1.79. The fraction of sp³-hybridized carbons (Fsp3) is 0.714. The Morgan fingerprint density at radius 1 is 1.47 bits per heavy atom. The first-order chi connectivity index (χ1) is 9.16. The molecule has 1 heterocycles. The quantitative estimate of drug-likeness (QED) is 0.785. The molecule has 1 aromatic rings. The molecule has 5 nitrogen and oxygen atoms in total. The highest BCUT2D eigenvalue weighted by atomic mass is 16.4. The summed E-state index contributed by atoms with van der Waals surface area (Å²) in [4.78, 5) is 11.1. The van der Waals surface area contributed by atoms with Gasteiger partial charge in [0.15, 0.2) is 0 Å². The molecule has 0 radical (unpaired) electrons. The largest absolute Gasteiger partial charge is 0.478 e. The summed E-state index contributed by atoms with van der Waals surface area (Å²) in [6.07, 6.45) is 6.96. The summed E-state index contributed by atoms with van der Waals surface area (Å²) in [6.45, 7) is 1.60. The van der Waals surface area contributed by atoms with E-state index in [1.165, 1.54) is 31.9 Å². The van der Waals surface area contributed by atoms with Crippen LogP contribution in [0.25, 0.3) is 0 Å². The number of aryl methyl sites for hydroxylation is 1. The van der Waals surface area contributed by atoms with Gasteiger partial charge >= 0.3 is 5.97 Å². The summed E-state index contributed by atoms with van der Waals surface area (Å²) in [5.74, 6) is 1.75. The minimum atomic E-state index is -0.897. The van der Waals surface area contributed by atoms with Crippen LogP contribution in [-0.4, -0.2) is 27.4 Å². The second-order valence-corrected chi connectivity index (χ2v) is 5.90. The number of carbonyl (C=O) groups is 1. The van der Waals surface area contributed by atoms with Gasteiger partial charge in [0.25, 0.3) is 0 Å². The number of aromatic nitrogens is 2. The molecule has 0 saturated heterocycles. The highest BCUT2D eigenvalue weighted by Crippen LogP contribution is 2.48. The smallest absolute Gasteiger partial charge is 0.339 e. The van der Waals surface area contributed by atoms with Gasteiger partial charge in [-0.3, -0.25) is 4.68 Å². The van der Waals surface area contributed by atoms with Crippen LogP contribution in [0.1, 0.15) is 41.7 Å². The van der Waals surface area contributed by atoms with Gasteiger partial charge in [0.2, 0.25) is 0 Å². The van der Waals surface area contributed by atoms with E-state index in [-0.39, 0.29) is 0 Å². The second-order valence-electron chi connectivity index (χ2n) is 5.90. The molecule has 5 heteroatoms. The SMILES string of the molecule is Cn1ncc(C(=O)O)c1CNCC(C1CC1)C1CC1. The molecule has 0 bridgehead atoms. The van der Waals surface area contributed by atoms with Crippen LogP contribution >= 0.6 is 0 Å². The van der Waals surface area contributed by atoms with Gasteiger partial charge in [0.05, 0.1) is 11.9 Å². The van der Waals surface area contributed by atoms with Crippen LogP contribution < -0.4 is 5.32 Å². The molecule has 2 fully saturated rings. The highest BCUT2D eigenvalue weighted by Gasteiger charge is 2.40. The third kappa shape index (κ3) is 2.81. The molecular weight excluding hydrogens is 242 g/mol. The summed E-state index contributed by atoms with van der Waals surface area (Å²) in [5.41, 5.74) is 1.07. The van der Waals surface area contributed by atoms with E-state index >= 15 is 0 Å². The Morgan fingerprint density at radius 3 is 2.63 bits per heavy atom. The second kappa shape index (κ2) is 4.96. The molecule has 0 atom stereocenters. The van der Waals surface area contributed by atoms with E-state index in [1.54, 1.807) is 11.7 Å². The number of hydrogen-bond donors (Lipinski definition) is 2. The molecule has 3 rings (SSSR count). The minimum Gasteiger partial charge on any atom is -0.478 e. The Balaban J connectivity index is 1.56. The van der Waals surface area contributed by atoms with Gasteiger partial charge in [-0.1, -0.05) is 0 Å². The zero-order valence-electron chi connectivity index (χ0n) is 11.3. The number of rotatable bonds is 7. The van der Waals surface area contributed by atoms with Crippen molar-refractivity contribution < 1.29 is 9.90 Å². The van der Waals surface area contributed by atoms with Crippen molar-refractivity contribution >= 4 is 5.97 Å². The zero-order valence-corrected chi connectivity index (χ0v) is 11.3. The zero-order chi connectivity index (χ0) is 13.4. The van der Waals surface area contributed by atoms with E-state index in [2.05, 4.69) is 10.4 Å². The van der Waals surface area contributed by atoms with Gasteiger partial charge in [-0.2, -0.15) is 5.10 Å². The number of nitrogens with zero attached hydrogens (tertiary/aromatic N) is 2. The standard InChI is InChI=1S/C14H21N3O2/c1-17-13(12(7-16-17)14(18)19)8-15-6-11(9-2-3-9)10-4-5-10/h7,9-11,15H,2-6,8H2,1H3,(H,18,19). The fourth-order valence-corrected chi connectivity index (χ4v) is 2.98. The van der Waals surface area contributed by atoms with Crippen molar-refractivity contribution in [1.29, 1.82) is 0 Å². The van der Waals surface area contributed by atoms with Crippen molar-refractivity contribution in [3.63, 3.8) is 0 Å². The lowest BCUT2D eigenvalue weighted by Crippen LogP contribution is -2.26. The Bertz CT molecular complexity index is 463. The van der Waals surface area contributed by atoms with Crippen LogP contribution in [0.4, 0.5) is 0 Å². The molecule has 2 N–H and O–H groups in total. The van der Waals surface area contributed by atoms with Crippen LogP contribution in [-0.2, 0) is 13.6 Å². The molecule has 0 spiro atoms. The van der Waals surface area contributed by atoms with Crippen LogP contribution in [0.3, 0.4) is 0 Å².